The minimum atomic E-state index is -4.64. The van der Waals surface area contributed by atoms with E-state index in [1.807, 2.05) is 0 Å². The predicted octanol–water partition coefficient (Wildman–Crippen LogP) is 3.91. The molecule has 1 aliphatic rings. The van der Waals surface area contributed by atoms with E-state index in [-0.39, 0.29) is 22.6 Å². The molecule has 1 fully saturated rings. The molecule has 160 valence electrons. The zero-order chi connectivity index (χ0) is 21.3. The largest absolute Gasteiger partial charge is 0.416 e. The molecular formula is C19H24F3N3O3S. The number of fused-ring (bicyclic) bond motifs is 1. The molecule has 0 saturated heterocycles. The fourth-order valence-electron chi connectivity index (χ4n) is 3.53. The Morgan fingerprint density at radius 1 is 1.31 bits per heavy atom. The molecule has 1 saturated carbocycles. The number of ether oxygens (including phenoxy) is 1. The molecular weight excluding hydrogens is 407 g/mol. The first kappa shape index (κ1) is 21.6. The maximum Gasteiger partial charge on any atom is 0.416 e. The van der Waals surface area contributed by atoms with E-state index >= 15 is 0 Å². The van der Waals surface area contributed by atoms with Crippen LogP contribution < -0.4 is 16.1 Å². The number of rotatable bonds is 5. The maximum absolute atomic E-state index is 13.7. The molecule has 1 heterocycles. The Hall–Kier alpha value is -2.07. The van der Waals surface area contributed by atoms with Crippen molar-refractivity contribution in [2.45, 2.75) is 57.9 Å². The highest BCUT2D eigenvalue weighted by atomic mass is 32.2. The quantitative estimate of drug-likeness (QED) is 0.704. The Morgan fingerprint density at radius 2 is 1.97 bits per heavy atom. The number of benzene rings is 1. The van der Waals surface area contributed by atoms with Crippen LogP contribution in [0.5, 0.6) is 0 Å². The molecule has 29 heavy (non-hydrogen) atoms. The van der Waals surface area contributed by atoms with Crippen LogP contribution in [0.15, 0.2) is 21.7 Å². The van der Waals surface area contributed by atoms with Gasteiger partial charge in [-0.3, -0.25) is 9.63 Å². The van der Waals surface area contributed by atoms with Crippen LogP contribution in [0.4, 0.5) is 13.2 Å². The normalized spacial score (nSPS) is 17.7. The summed E-state index contributed by atoms with van der Waals surface area (Å²) in [5, 5.41) is 1.77. The van der Waals surface area contributed by atoms with Crippen molar-refractivity contribution in [3.05, 3.63) is 44.1 Å². The smallest absolute Gasteiger partial charge is 0.371 e. The van der Waals surface area contributed by atoms with E-state index in [1.165, 1.54) is 6.07 Å². The number of halogens is 3. The third kappa shape index (κ3) is 4.58. The van der Waals surface area contributed by atoms with Gasteiger partial charge < -0.3 is 9.72 Å². The third-order valence-corrected chi connectivity index (χ3v) is 6.28. The van der Waals surface area contributed by atoms with Gasteiger partial charge in [0.2, 0.25) is 0 Å². The summed E-state index contributed by atoms with van der Waals surface area (Å²) in [5.41, 5.74) is -2.69. The summed E-state index contributed by atoms with van der Waals surface area (Å²) >= 11 is 0. The number of aromatic nitrogens is 2. The zero-order valence-electron chi connectivity index (χ0n) is 16.4. The average molecular weight is 431 g/mol. The Balaban J connectivity index is 2.17. The van der Waals surface area contributed by atoms with Crippen LogP contribution in [-0.4, -0.2) is 27.4 Å². The molecule has 0 radical (unpaired) electrons. The van der Waals surface area contributed by atoms with E-state index in [2.05, 4.69) is 9.82 Å². The Morgan fingerprint density at radius 3 is 2.55 bits per heavy atom. The van der Waals surface area contributed by atoms with Gasteiger partial charge in [0.15, 0.2) is 0 Å². The van der Waals surface area contributed by atoms with Crippen molar-refractivity contribution in [1.82, 2.24) is 9.66 Å². The van der Waals surface area contributed by atoms with Crippen LogP contribution in [-0.2, 0) is 10.9 Å². The zero-order valence-corrected chi connectivity index (χ0v) is 17.2. The molecule has 1 aliphatic carbocycles. The number of aromatic amines is 1. The summed E-state index contributed by atoms with van der Waals surface area (Å²) in [6.45, 7) is 3.33. The minimum absolute atomic E-state index is 0.00456. The number of H-pyrrole nitrogens is 1. The summed E-state index contributed by atoms with van der Waals surface area (Å²) in [6, 6.07) is 2.02. The van der Waals surface area contributed by atoms with E-state index in [0.29, 0.717) is 0 Å². The third-order valence-electron chi connectivity index (χ3n) is 5.10. The van der Waals surface area contributed by atoms with Crippen molar-refractivity contribution in [1.29, 1.82) is 0 Å². The molecule has 0 spiro atoms. The first-order valence-corrected chi connectivity index (χ1v) is 11.1. The van der Waals surface area contributed by atoms with E-state index in [0.717, 1.165) is 36.4 Å². The van der Waals surface area contributed by atoms with Crippen molar-refractivity contribution >= 4 is 26.9 Å². The molecule has 2 N–H and O–H groups in total. The van der Waals surface area contributed by atoms with Crippen molar-refractivity contribution < 1.29 is 17.9 Å². The predicted molar refractivity (Wildman–Crippen MR) is 110 cm³/mol. The molecule has 2 unspecified atom stereocenters. The van der Waals surface area contributed by atoms with E-state index in [4.69, 9.17) is 4.74 Å². The lowest BCUT2D eigenvalue weighted by Gasteiger charge is -2.23. The molecule has 1 aromatic carbocycles. The van der Waals surface area contributed by atoms with E-state index < -0.39 is 39.8 Å². The second-order valence-corrected chi connectivity index (χ2v) is 8.89. The summed E-state index contributed by atoms with van der Waals surface area (Å²) in [6.07, 6.45) is -0.182. The topological polar surface area (TPSA) is 76.1 Å². The van der Waals surface area contributed by atoms with Crippen LogP contribution in [0, 0.1) is 0 Å². The lowest BCUT2D eigenvalue weighted by molar-refractivity contribution is -0.139. The highest BCUT2D eigenvalue weighted by Gasteiger charge is 2.36. The Labute approximate surface area is 168 Å². The molecule has 2 aromatic rings. The van der Waals surface area contributed by atoms with Gasteiger partial charge in [-0.05, 0) is 56.0 Å². The fraction of sp³-hybridized carbons (Fsp3) is 0.526. The molecule has 6 nitrogen and oxygen atoms in total. The van der Waals surface area contributed by atoms with Gasteiger partial charge in [0, 0.05) is 0 Å². The number of nitrogens with one attached hydrogen (secondary N) is 2. The summed E-state index contributed by atoms with van der Waals surface area (Å²) in [7, 11) is -0.564. The van der Waals surface area contributed by atoms with Crippen molar-refractivity contribution in [3.8, 4) is 0 Å². The van der Waals surface area contributed by atoms with Crippen LogP contribution in [0.25, 0.3) is 10.9 Å². The van der Waals surface area contributed by atoms with Gasteiger partial charge in [0.25, 0.3) is 5.56 Å². The van der Waals surface area contributed by atoms with Crippen LogP contribution >= 0.6 is 10.7 Å². The maximum atomic E-state index is 13.7. The highest BCUT2D eigenvalue weighted by molar-refractivity contribution is 8.15. The number of alkyl halides is 3. The number of hydrogen-bond donors (Lipinski definition) is 2. The summed E-state index contributed by atoms with van der Waals surface area (Å²) < 4.78 is 47.8. The summed E-state index contributed by atoms with van der Waals surface area (Å²) in [5.74, 6) is 0. The average Bonchev–Trinajstić information content (AvgIpc) is 3.16. The van der Waals surface area contributed by atoms with Crippen molar-refractivity contribution in [2.75, 3.05) is 11.1 Å². The standard InChI is InChI=1S/C19H24F3N3O3S/c1-4-29(3)24-25-17(26)14-9-13(11(2)28-12-7-5-6-8-12)15(19(20,21)22)10-16(14)23-18(25)27/h4,9-12,24H,5-8H2,1-3H3,(H,23,27). The van der Waals surface area contributed by atoms with Crippen molar-refractivity contribution in [3.63, 3.8) is 0 Å². The lowest BCUT2D eigenvalue weighted by atomic mass is 9.99. The molecule has 0 amide bonds. The Kier molecular flexibility index (Phi) is 6.23. The van der Waals surface area contributed by atoms with Gasteiger partial charge in [0.1, 0.15) is 0 Å². The fourth-order valence-corrected chi connectivity index (χ4v) is 4.09. The van der Waals surface area contributed by atoms with E-state index in [1.54, 1.807) is 25.5 Å². The van der Waals surface area contributed by atoms with Gasteiger partial charge in [-0.15, -0.1) is 0 Å². The van der Waals surface area contributed by atoms with Crippen LogP contribution in [0.1, 0.15) is 56.8 Å². The SMILES string of the molecule is C/C=S(\C)Nn1c(=O)[nH]c2cc(C(F)(F)F)c(C(C)OC3CCCC3)cc2c1=O. The monoisotopic (exact) mass is 431 g/mol. The van der Waals surface area contributed by atoms with Gasteiger partial charge in [-0.25, -0.2) is 4.79 Å². The second kappa shape index (κ2) is 8.35. The van der Waals surface area contributed by atoms with E-state index in [9.17, 15) is 22.8 Å². The summed E-state index contributed by atoms with van der Waals surface area (Å²) in [4.78, 5) is 30.2. The van der Waals surface area contributed by atoms with Crippen molar-refractivity contribution in [2.24, 2.45) is 0 Å². The highest BCUT2D eigenvalue weighted by Crippen LogP contribution is 2.38. The first-order chi connectivity index (χ1) is 13.6. The molecule has 10 heteroatoms. The second-order valence-electron chi connectivity index (χ2n) is 7.12. The molecule has 0 bridgehead atoms. The number of hydrogen-bond acceptors (Lipinski definition) is 4. The molecule has 1 aromatic heterocycles. The van der Waals surface area contributed by atoms with Crippen LogP contribution in [0.2, 0.25) is 0 Å². The van der Waals surface area contributed by atoms with Gasteiger partial charge >= 0.3 is 11.9 Å². The Bertz CT molecular complexity index is 1050. The van der Waals surface area contributed by atoms with Gasteiger partial charge in [-0.2, -0.15) is 17.8 Å². The number of nitrogens with zero attached hydrogens (tertiary/aromatic N) is 1. The van der Waals surface area contributed by atoms with Gasteiger partial charge in [-0.1, -0.05) is 23.5 Å². The van der Waals surface area contributed by atoms with Crippen LogP contribution in [0.3, 0.4) is 0 Å². The first-order valence-electron chi connectivity index (χ1n) is 9.38. The molecule has 2 atom stereocenters. The lowest BCUT2D eigenvalue weighted by Crippen LogP contribution is -2.39. The molecule has 0 aliphatic heterocycles. The van der Waals surface area contributed by atoms with Gasteiger partial charge in [0.05, 0.1) is 28.7 Å². The molecule has 3 rings (SSSR count). The minimum Gasteiger partial charge on any atom is -0.371 e.